The molecule has 0 fully saturated rings. The first-order valence-corrected chi connectivity index (χ1v) is 4.54. The average Bonchev–Trinajstić information content (AvgIpc) is 2.16. The molecule has 0 radical (unpaired) electrons. The first-order valence-electron chi connectivity index (χ1n) is 4.54. The summed E-state index contributed by atoms with van der Waals surface area (Å²) in [5, 5.41) is 0. The van der Waals surface area contributed by atoms with Crippen molar-refractivity contribution in [2.45, 2.75) is 13.8 Å². The van der Waals surface area contributed by atoms with E-state index in [4.69, 9.17) is 10.6 Å². The summed E-state index contributed by atoms with van der Waals surface area (Å²) in [5.41, 5.74) is 2.10. The predicted octanol–water partition coefficient (Wildman–Crippen LogP) is -0.665. The summed E-state index contributed by atoms with van der Waals surface area (Å²) < 4.78 is 5.18. The molecule has 0 atom stereocenters. The number of likely N-dealkylation sites (N-methyl/N-ethyl adjacent to an activating group) is 1. The Balaban J connectivity index is 3.56. The fraction of sp³-hybridized carbons (Fsp3) is 0.875. The van der Waals surface area contributed by atoms with Crippen LogP contribution in [0.5, 0.6) is 0 Å². The van der Waals surface area contributed by atoms with Crippen LogP contribution in [0.2, 0.25) is 0 Å². The predicted molar refractivity (Wildman–Crippen MR) is 50.9 cm³/mol. The van der Waals surface area contributed by atoms with E-state index in [-0.39, 0.29) is 5.91 Å². The quantitative estimate of drug-likeness (QED) is 0.241. The third-order valence-electron chi connectivity index (χ3n) is 1.73. The van der Waals surface area contributed by atoms with Gasteiger partial charge in [0.05, 0.1) is 13.2 Å². The van der Waals surface area contributed by atoms with E-state index < -0.39 is 0 Å². The van der Waals surface area contributed by atoms with Crippen LogP contribution in [0.15, 0.2) is 0 Å². The van der Waals surface area contributed by atoms with Crippen LogP contribution < -0.4 is 11.3 Å². The minimum atomic E-state index is -0.168. The number of nitrogens with one attached hydrogen (secondary N) is 1. The highest BCUT2D eigenvalue weighted by Crippen LogP contribution is 1.87. The molecule has 78 valence electrons. The van der Waals surface area contributed by atoms with Crippen LogP contribution in [-0.2, 0) is 9.53 Å². The second-order valence-electron chi connectivity index (χ2n) is 2.63. The van der Waals surface area contributed by atoms with E-state index in [1.54, 1.807) is 0 Å². The normalized spacial score (nSPS) is 10.5. The van der Waals surface area contributed by atoms with Crippen LogP contribution in [0.4, 0.5) is 0 Å². The van der Waals surface area contributed by atoms with Gasteiger partial charge in [-0.3, -0.25) is 15.1 Å². The highest BCUT2D eigenvalue weighted by atomic mass is 16.5. The summed E-state index contributed by atoms with van der Waals surface area (Å²) >= 11 is 0. The summed E-state index contributed by atoms with van der Waals surface area (Å²) in [6.07, 6.45) is 0. The maximum Gasteiger partial charge on any atom is 0.248 e. The zero-order chi connectivity index (χ0) is 10.1. The summed E-state index contributed by atoms with van der Waals surface area (Å²) in [6, 6.07) is 0. The van der Waals surface area contributed by atoms with E-state index in [1.165, 1.54) is 0 Å². The Hall–Kier alpha value is -0.650. The number of nitrogens with two attached hydrogens (primary N) is 1. The van der Waals surface area contributed by atoms with Crippen LogP contribution in [-0.4, -0.2) is 43.7 Å². The van der Waals surface area contributed by atoms with Gasteiger partial charge in [-0.2, -0.15) is 0 Å². The van der Waals surface area contributed by atoms with Gasteiger partial charge in [0.15, 0.2) is 0 Å². The fourth-order valence-electron chi connectivity index (χ4n) is 0.936. The van der Waals surface area contributed by atoms with Crippen molar-refractivity contribution in [3.63, 3.8) is 0 Å². The summed E-state index contributed by atoms with van der Waals surface area (Å²) in [7, 11) is 0. The highest BCUT2D eigenvalue weighted by molar-refractivity contribution is 5.77. The largest absolute Gasteiger partial charge is 0.380 e. The van der Waals surface area contributed by atoms with Crippen LogP contribution >= 0.6 is 0 Å². The lowest BCUT2D eigenvalue weighted by Crippen LogP contribution is -2.41. The van der Waals surface area contributed by atoms with Gasteiger partial charge in [0.2, 0.25) is 5.91 Å². The van der Waals surface area contributed by atoms with Gasteiger partial charge in [0.25, 0.3) is 0 Å². The Morgan fingerprint density at radius 1 is 1.54 bits per heavy atom. The first kappa shape index (κ1) is 12.3. The first-order chi connectivity index (χ1) is 6.24. The maximum atomic E-state index is 10.9. The molecule has 5 nitrogen and oxygen atoms in total. The molecule has 0 aliphatic rings. The highest BCUT2D eigenvalue weighted by Gasteiger charge is 2.06. The van der Waals surface area contributed by atoms with Gasteiger partial charge < -0.3 is 4.74 Å². The van der Waals surface area contributed by atoms with Crippen molar-refractivity contribution in [1.29, 1.82) is 0 Å². The zero-order valence-electron chi connectivity index (χ0n) is 8.38. The van der Waals surface area contributed by atoms with Gasteiger partial charge in [-0.15, -0.1) is 0 Å². The molecule has 5 heteroatoms. The van der Waals surface area contributed by atoms with Crippen LogP contribution in [0, 0.1) is 0 Å². The second-order valence-corrected chi connectivity index (χ2v) is 2.63. The lowest BCUT2D eigenvalue weighted by molar-refractivity contribution is -0.122. The molecule has 0 rings (SSSR count). The van der Waals surface area contributed by atoms with Crippen molar-refractivity contribution in [3.8, 4) is 0 Å². The number of hydrogen-bond donors (Lipinski definition) is 2. The summed E-state index contributed by atoms with van der Waals surface area (Å²) in [4.78, 5) is 12.9. The summed E-state index contributed by atoms with van der Waals surface area (Å²) in [5.74, 6) is 4.80. The molecule has 0 spiro atoms. The van der Waals surface area contributed by atoms with Gasteiger partial charge in [-0.05, 0) is 13.5 Å². The Bertz CT molecular complexity index is 141. The van der Waals surface area contributed by atoms with Crippen LogP contribution in [0.25, 0.3) is 0 Å². The lowest BCUT2D eigenvalue weighted by Gasteiger charge is -2.18. The van der Waals surface area contributed by atoms with Gasteiger partial charge in [-0.1, -0.05) is 6.92 Å². The van der Waals surface area contributed by atoms with Crippen molar-refractivity contribution < 1.29 is 9.53 Å². The smallest absolute Gasteiger partial charge is 0.248 e. The molecule has 0 aromatic rings. The van der Waals surface area contributed by atoms with Crippen molar-refractivity contribution in [2.24, 2.45) is 5.84 Å². The topological polar surface area (TPSA) is 67.6 Å². The molecule has 0 aromatic heterocycles. The summed E-state index contributed by atoms with van der Waals surface area (Å²) in [6.45, 7) is 7.22. The van der Waals surface area contributed by atoms with E-state index >= 15 is 0 Å². The minimum absolute atomic E-state index is 0.168. The molecule has 13 heavy (non-hydrogen) atoms. The zero-order valence-corrected chi connectivity index (χ0v) is 8.38. The number of nitrogens with zero attached hydrogens (tertiary/aromatic N) is 1. The number of ether oxygens (including phenoxy) is 1. The molecule has 1 amide bonds. The van der Waals surface area contributed by atoms with Gasteiger partial charge in [-0.25, -0.2) is 5.84 Å². The van der Waals surface area contributed by atoms with Crippen LogP contribution in [0.3, 0.4) is 0 Å². The van der Waals surface area contributed by atoms with Crippen molar-refractivity contribution in [3.05, 3.63) is 0 Å². The van der Waals surface area contributed by atoms with Gasteiger partial charge in [0, 0.05) is 13.2 Å². The minimum Gasteiger partial charge on any atom is -0.380 e. The Morgan fingerprint density at radius 3 is 2.69 bits per heavy atom. The monoisotopic (exact) mass is 189 g/mol. The molecular formula is C8H19N3O2. The maximum absolute atomic E-state index is 10.9. The van der Waals surface area contributed by atoms with Gasteiger partial charge in [0.1, 0.15) is 0 Å². The lowest BCUT2D eigenvalue weighted by atomic mass is 10.4. The molecule has 0 unspecified atom stereocenters. The van der Waals surface area contributed by atoms with Crippen molar-refractivity contribution >= 4 is 5.91 Å². The number of hydrazine groups is 1. The number of rotatable bonds is 7. The van der Waals surface area contributed by atoms with Crippen molar-refractivity contribution in [1.82, 2.24) is 10.3 Å². The Labute approximate surface area is 79.2 Å². The van der Waals surface area contributed by atoms with E-state index in [0.29, 0.717) is 19.8 Å². The molecule has 0 saturated carbocycles. The number of carbonyl (C=O) groups is 1. The molecule has 0 aliphatic carbocycles. The number of amides is 1. The van der Waals surface area contributed by atoms with Crippen molar-refractivity contribution in [2.75, 3.05) is 32.8 Å². The van der Waals surface area contributed by atoms with E-state index in [1.807, 2.05) is 18.7 Å². The van der Waals surface area contributed by atoms with Crippen LogP contribution in [0.1, 0.15) is 13.8 Å². The molecule has 0 aliphatic heterocycles. The third-order valence-corrected chi connectivity index (χ3v) is 1.73. The SMILES string of the molecule is CCOCCN(CC)CC(=O)NN. The van der Waals surface area contributed by atoms with E-state index in [9.17, 15) is 4.79 Å². The standard InChI is InChI=1S/C8H19N3O2/c1-3-11(5-6-13-4-2)7-8(12)10-9/h3-7,9H2,1-2H3,(H,10,12). The molecule has 3 N–H and O–H groups in total. The number of carbonyl (C=O) groups excluding carboxylic acids is 1. The average molecular weight is 189 g/mol. The fourth-order valence-corrected chi connectivity index (χ4v) is 0.936. The molecular weight excluding hydrogens is 170 g/mol. The molecule has 0 aromatic carbocycles. The molecule has 0 bridgehead atoms. The second kappa shape index (κ2) is 7.97. The van der Waals surface area contributed by atoms with E-state index in [0.717, 1.165) is 13.1 Å². The third kappa shape index (κ3) is 6.51. The molecule has 0 heterocycles. The molecule has 0 saturated heterocycles. The number of hydrogen-bond acceptors (Lipinski definition) is 4. The van der Waals surface area contributed by atoms with E-state index in [2.05, 4.69) is 5.43 Å². The Kier molecular flexibility index (Phi) is 7.57. The Morgan fingerprint density at radius 2 is 2.23 bits per heavy atom. The van der Waals surface area contributed by atoms with Gasteiger partial charge >= 0.3 is 0 Å².